The lowest BCUT2D eigenvalue weighted by Crippen LogP contribution is -2.49. The van der Waals surface area contributed by atoms with Crippen molar-refractivity contribution in [2.24, 2.45) is 0 Å². The topological polar surface area (TPSA) is 131 Å². The lowest BCUT2D eigenvalue weighted by molar-refractivity contribution is 0.0937. The highest BCUT2D eigenvalue weighted by Crippen LogP contribution is 2.29. The Balaban J connectivity index is 0.00000245. The number of aromatic nitrogens is 5. The summed E-state index contributed by atoms with van der Waals surface area (Å²) in [5.41, 5.74) is 6.02. The first kappa shape index (κ1) is 34.6. The van der Waals surface area contributed by atoms with E-state index in [-0.39, 0.29) is 23.9 Å². The first-order valence-electron chi connectivity index (χ1n) is 15.7. The molecule has 3 aromatic heterocycles. The van der Waals surface area contributed by atoms with Crippen LogP contribution in [0.3, 0.4) is 0 Å². The number of ether oxygens (including phenoxy) is 1. The van der Waals surface area contributed by atoms with Crippen LogP contribution in [-0.2, 0) is 16.7 Å². The molecule has 1 aliphatic heterocycles. The third-order valence-electron chi connectivity index (χ3n) is 7.58. The molecule has 1 aromatic carbocycles. The van der Waals surface area contributed by atoms with Gasteiger partial charge in [0.05, 0.1) is 23.1 Å². The molecule has 4 heterocycles. The van der Waals surface area contributed by atoms with Crippen molar-refractivity contribution in [1.82, 2.24) is 35.0 Å². The van der Waals surface area contributed by atoms with Crippen molar-refractivity contribution in [3.8, 4) is 11.3 Å². The monoisotopic (exact) mass is 640 g/mol. The van der Waals surface area contributed by atoms with E-state index in [0.29, 0.717) is 38.6 Å². The van der Waals surface area contributed by atoms with Crippen LogP contribution in [-0.4, -0.2) is 74.4 Å². The minimum absolute atomic E-state index is 0.0155. The number of carbonyl (C=O) groups is 2. The van der Waals surface area contributed by atoms with Crippen molar-refractivity contribution >= 4 is 23.2 Å². The summed E-state index contributed by atoms with van der Waals surface area (Å²) in [4.78, 5) is 38.0. The highest BCUT2D eigenvalue weighted by molar-refractivity contribution is 5.90. The first-order valence-corrected chi connectivity index (χ1v) is 15.7. The molecule has 5 rings (SSSR count). The number of anilines is 1. The highest BCUT2D eigenvalue weighted by Gasteiger charge is 2.25. The average Bonchev–Trinajstić information content (AvgIpc) is 3.75. The zero-order chi connectivity index (χ0) is 34.1. The molecule has 0 saturated carbocycles. The minimum Gasteiger partial charge on any atom is -0.445 e. The van der Waals surface area contributed by atoms with E-state index in [2.05, 4.69) is 55.7 Å². The molecule has 1 fully saturated rings. The number of piperazine rings is 1. The molecule has 4 aromatic rings. The SMILES string of the molecule is C=C/C=C(\C=C)COC(=O)N1CCN(c2cc3c(-c4ccc(CNC(=O)c5noc(C(C)(C)C)n5)c(C)c4)ncnn3c2)CC1.CC. The van der Waals surface area contributed by atoms with Crippen LogP contribution in [0.2, 0.25) is 0 Å². The maximum absolute atomic E-state index is 12.6. The van der Waals surface area contributed by atoms with Crippen LogP contribution < -0.4 is 10.2 Å². The van der Waals surface area contributed by atoms with Crippen molar-refractivity contribution in [1.29, 1.82) is 0 Å². The van der Waals surface area contributed by atoms with E-state index < -0.39 is 5.91 Å². The van der Waals surface area contributed by atoms with Crippen molar-refractivity contribution in [2.75, 3.05) is 37.7 Å². The number of allylic oxidation sites excluding steroid dienone is 2. The van der Waals surface area contributed by atoms with Gasteiger partial charge in [0.2, 0.25) is 5.89 Å². The van der Waals surface area contributed by atoms with E-state index in [9.17, 15) is 9.59 Å². The highest BCUT2D eigenvalue weighted by atomic mass is 16.6. The number of fused-ring (bicyclic) bond motifs is 1. The predicted octanol–water partition coefficient (Wildman–Crippen LogP) is 5.90. The Morgan fingerprint density at radius 3 is 2.49 bits per heavy atom. The molecule has 0 radical (unpaired) electrons. The van der Waals surface area contributed by atoms with Gasteiger partial charge in [-0.15, -0.1) is 0 Å². The van der Waals surface area contributed by atoms with Gasteiger partial charge in [-0.2, -0.15) is 10.1 Å². The van der Waals surface area contributed by atoms with Gasteiger partial charge in [-0.05, 0) is 35.8 Å². The molecule has 12 nitrogen and oxygen atoms in total. The molecule has 47 heavy (non-hydrogen) atoms. The Bertz CT molecular complexity index is 1760. The van der Waals surface area contributed by atoms with Crippen LogP contribution in [0.25, 0.3) is 16.8 Å². The van der Waals surface area contributed by atoms with Crippen LogP contribution in [0.1, 0.15) is 62.3 Å². The largest absolute Gasteiger partial charge is 0.445 e. The zero-order valence-corrected chi connectivity index (χ0v) is 28.1. The third kappa shape index (κ3) is 8.32. The fraction of sp³-hybridized carbons (Fsp3) is 0.371. The predicted molar refractivity (Wildman–Crippen MR) is 182 cm³/mol. The van der Waals surface area contributed by atoms with Gasteiger partial charge < -0.3 is 24.4 Å². The maximum atomic E-state index is 12.6. The smallest absolute Gasteiger partial charge is 0.410 e. The molecule has 12 heteroatoms. The number of nitrogens with one attached hydrogen (secondary N) is 1. The first-order chi connectivity index (χ1) is 22.6. The maximum Gasteiger partial charge on any atom is 0.410 e. The molecule has 1 saturated heterocycles. The molecular formula is C35H44N8O4. The van der Waals surface area contributed by atoms with Crippen LogP contribution in [0.4, 0.5) is 10.5 Å². The fourth-order valence-corrected chi connectivity index (χ4v) is 4.94. The molecule has 1 N–H and O–H groups in total. The Kier molecular flexibility index (Phi) is 11.3. The summed E-state index contributed by atoms with van der Waals surface area (Å²) in [6.45, 7) is 22.1. The van der Waals surface area contributed by atoms with Crippen LogP contribution in [0, 0.1) is 6.92 Å². The molecule has 0 unspecified atom stereocenters. The molecular weight excluding hydrogens is 596 g/mol. The number of nitrogens with zero attached hydrogens (tertiary/aromatic N) is 7. The summed E-state index contributed by atoms with van der Waals surface area (Å²) in [6.07, 6.45) is 8.23. The number of aryl methyl sites for hydroxylation is 1. The van der Waals surface area contributed by atoms with Crippen LogP contribution in [0.5, 0.6) is 0 Å². The normalized spacial score (nSPS) is 13.5. The minimum atomic E-state index is -0.392. The molecule has 0 atom stereocenters. The summed E-state index contributed by atoms with van der Waals surface area (Å²) >= 11 is 0. The Labute approximate surface area is 275 Å². The van der Waals surface area contributed by atoms with E-state index in [1.54, 1.807) is 29.5 Å². The van der Waals surface area contributed by atoms with Gasteiger partial charge in [0.25, 0.3) is 11.7 Å². The second-order valence-electron chi connectivity index (χ2n) is 11.8. The molecule has 1 aliphatic rings. The number of hydrogen-bond acceptors (Lipinski definition) is 9. The van der Waals surface area contributed by atoms with Crippen molar-refractivity contribution in [3.05, 3.63) is 96.6 Å². The molecule has 0 bridgehead atoms. The fourth-order valence-electron chi connectivity index (χ4n) is 4.94. The van der Waals surface area contributed by atoms with E-state index in [0.717, 1.165) is 39.2 Å². The van der Waals surface area contributed by atoms with E-state index >= 15 is 0 Å². The standard InChI is InChI=1S/C33H38N8O4.C2H6/c1-7-9-23(8-2)20-44-32(43)40-14-12-39(13-15-40)26-17-27-28(35-21-36-41(27)19-26)24-10-11-25(22(3)16-24)18-34-30(42)29-37-31(45-38-29)33(4,5)6;1-2/h7-11,16-17,19,21H,1-2,12-15,18,20H2,3-6H3,(H,34,42);1-2H3/b23-9+;. The second-order valence-corrected chi connectivity index (χ2v) is 11.8. The van der Waals surface area contributed by atoms with Gasteiger partial charge in [0.1, 0.15) is 12.9 Å². The lowest BCUT2D eigenvalue weighted by atomic mass is 9.97. The summed E-state index contributed by atoms with van der Waals surface area (Å²) in [5.74, 6) is 0.0358. The number of carbonyl (C=O) groups excluding carboxylic acids is 2. The van der Waals surface area contributed by atoms with Gasteiger partial charge in [0.15, 0.2) is 0 Å². The quantitative estimate of drug-likeness (QED) is 0.222. The van der Waals surface area contributed by atoms with Crippen molar-refractivity contribution in [3.63, 3.8) is 0 Å². The lowest BCUT2D eigenvalue weighted by Gasteiger charge is -2.34. The Hall–Kier alpha value is -5.26. The summed E-state index contributed by atoms with van der Waals surface area (Å²) < 4.78 is 12.5. The number of benzene rings is 1. The van der Waals surface area contributed by atoms with Crippen molar-refractivity contribution < 1.29 is 18.8 Å². The molecule has 0 spiro atoms. The number of amides is 2. The summed E-state index contributed by atoms with van der Waals surface area (Å²) in [5, 5.41) is 11.1. The van der Waals surface area contributed by atoms with E-state index in [1.807, 2.05) is 64.4 Å². The van der Waals surface area contributed by atoms with Gasteiger partial charge in [-0.1, -0.05) is 83.3 Å². The average molecular weight is 641 g/mol. The van der Waals surface area contributed by atoms with Gasteiger partial charge in [0, 0.05) is 43.7 Å². The summed E-state index contributed by atoms with van der Waals surface area (Å²) in [6, 6.07) is 8.09. The molecule has 0 aliphatic carbocycles. The molecule has 2 amide bonds. The van der Waals surface area contributed by atoms with Gasteiger partial charge in [-0.25, -0.2) is 14.3 Å². The van der Waals surface area contributed by atoms with Crippen LogP contribution >= 0.6 is 0 Å². The third-order valence-corrected chi connectivity index (χ3v) is 7.58. The van der Waals surface area contributed by atoms with Crippen LogP contribution in [0.15, 0.2) is 78.3 Å². The van der Waals surface area contributed by atoms with E-state index in [4.69, 9.17) is 9.26 Å². The number of rotatable bonds is 9. The van der Waals surface area contributed by atoms with Gasteiger partial charge in [-0.3, -0.25) is 4.79 Å². The molecule has 248 valence electrons. The van der Waals surface area contributed by atoms with Gasteiger partial charge >= 0.3 is 6.09 Å². The Morgan fingerprint density at radius 1 is 1.11 bits per heavy atom. The van der Waals surface area contributed by atoms with E-state index in [1.165, 1.54) is 0 Å². The zero-order valence-electron chi connectivity index (χ0n) is 28.1. The van der Waals surface area contributed by atoms with Crippen molar-refractivity contribution in [2.45, 2.75) is 53.5 Å². The number of hydrogen-bond donors (Lipinski definition) is 1. The second kappa shape index (κ2) is 15.4. The Morgan fingerprint density at radius 2 is 1.85 bits per heavy atom. The summed E-state index contributed by atoms with van der Waals surface area (Å²) in [7, 11) is 0.